The molecule has 0 radical (unpaired) electrons. The Morgan fingerprint density at radius 3 is 2.42 bits per heavy atom. The molecule has 0 bridgehead atoms. The van der Waals surface area contributed by atoms with Crippen LogP contribution in [0, 0.1) is 5.41 Å². The summed E-state index contributed by atoms with van der Waals surface area (Å²) in [7, 11) is -2.60. The molecule has 3 rings (SSSR count). The zero-order valence-electron chi connectivity index (χ0n) is 13.1. The number of nitrogens with zero attached hydrogens (tertiary/aromatic N) is 2. The number of hydrogen-bond acceptors (Lipinski definition) is 5. The second kappa shape index (κ2) is 5.12. The topological polar surface area (TPSA) is 112 Å². The lowest BCUT2D eigenvalue weighted by Gasteiger charge is -2.20. The molecule has 1 fully saturated rings. The van der Waals surface area contributed by atoms with Crippen molar-refractivity contribution in [2.45, 2.75) is 18.2 Å². The Bertz CT molecular complexity index is 878. The highest BCUT2D eigenvalue weighted by atomic mass is 32.2. The van der Waals surface area contributed by atoms with Crippen LogP contribution < -0.4 is 0 Å². The number of carboxylic acid groups (broad SMARTS) is 1. The lowest BCUT2D eigenvalue weighted by molar-refractivity contribution is -0.146. The third kappa shape index (κ3) is 2.23. The second-order valence-electron chi connectivity index (χ2n) is 6.33. The first kappa shape index (κ1) is 16.6. The number of sulfonamides is 1. The summed E-state index contributed by atoms with van der Waals surface area (Å²) in [6, 6.07) is 3.78. The molecule has 0 spiro atoms. The lowest BCUT2D eigenvalue weighted by atomic mass is 9.90. The molecule has 8 nitrogen and oxygen atoms in total. The fourth-order valence-electron chi connectivity index (χ4n) is 2.95. The minimum atomic E-state index is -3.94. The van der Waals surface area contributed by atoms with Crippen LogP contribution in [0.3, 0.4) is 0 Å². The summed E-state index contributed by atoms with van der Waals surface area (Å²) in [6.07, 6.45) is 0.215. The Morgan fingerprint density at radius 1 is 1.21 bits per heavy atom. The highest BCUT2D eigenvalue weighted by molar-refractivity contribution is 7.89. The molecule has 24 heavy (non-hydrogen) atoms. The Balaban J connectivity index is 1.97. The molecule has 2 amide bonds. The number of carbonyl (C=O) groups is 3. The largest absolute Gasteiger partial charge is 0.481 e. The normalized spacial score (nSPS) is 24.5. The Labute approximate surface area is 138 Å². The van der Waals surface area contributed by atoms with Gasteiger partial charge in [0.15, 0.2) is 0 Å². The van der Waals surface area contributed by atoms with Crippen molar-refractivity contribution in [1.82, 2.24) is 9.21 Å². The van der Waals surface area contributed by atoms with E-state index in [1.54, 1.807) is 0 Å². The van der Waals surface area contributed by atoms with Gasteiger partial charge in [-0.15, -0.1) is 0 Å². The highest BCUT2D eigenvalue weighted by Gasteiger charge is 2.45. The number of fused-ring (bicyclic) bond motifs is 1. The molecule has 1 unspecified atom stereocenters. The van der Waals surface area contributed by atoms with E-state index in [1.807, 2.05) is 0 Å². The van der Waals surface area contributed by atoms with E-state index < -0.39 is 33.2 Å². The van der Waals surface area contributed by atoms with Crippen LogP contribution in [0.5, 0.6) is 0 Å². The van der Waals surface area contributed by atoms with Gasteiger partial charge in [0.1, 0.15) is 0 Å². The summed E-state index contributed by atoms with van der Waals surface area (Å²) in [5.74, 6) is -2.07. The van der Waals surface area contributed by atoms with Gasteiger partial charge in [-0.25, -0.2) is 8.42 Å². The van der Waals surface area contributed by atoms with Gasteiger partial charge >= 0.3 is 5.97 Å². The van der Waals surface area contributed by atoms with Crippen LogP contribution in [0.15, 0.2) is 23.1 Å². The lowest BCUT2D eigenvalue weighted by Crippen LogP contribution is -2.35. The number of carbonyl (C=O) groups excluding carboxylic acids is 2. The minimum Gasteiger partial charge on any atom is -0.481 e. The van der Waals surface area contributed by atoms with Crippen LogP contribution in [0.4, 0.5) is 0 Å². The van der Waals surface area contributed by atoms with Gasteiger partial charge in [-0.1, -0.05) is 0 Å². The van der Waals surface area contributed by atoms with Gasteiger partial charge in [-0.2, -0.15) is 4.31 Å². The van der Waals surface area contributed by atoms with Gasteiger partial charge in [0.25, 0.3) is 11.8 Å². The van der Waals surface area contributed by atoms with Crippen LogP contribution in [0.2, 0.25) is 0 Å². The molecular formula is C15H16N2O6S. The average Bonchev–Trinajstić information content (AvgIpc) is 3.04. The molecule has 1 aromatic carbocycles. The maximum Gasteiger partial charge on any atom is 0.310 e. The van der Waals surface area contributed by atoms with Crippen molar-refractivity contribution in [3.63, 3.8) is 0 Å². The van der Waals surface area contributed by atoms with Gasteiger partial charge in [0.2, 0.25) is 10.0 Å². The zero-order chi connectivity index (χ0) is 17.9. The van der Waals surface area contributed by atoms with Crippen molar-refractivity contribution in [2.24, 2.45) is 5.41 Å². The van der Waals surface area contributed by atoms with Gasteiger partial charge < -0.3 is 5.11 Å². The Kier molecular flexibility index (Phi) is 3.54. The van der Waals surface area contributed by atoms with Crippen molar-refractivity contribution in [2.75, 3.05) is 20.1 Å². The molecule has 0 aliphatic carbocycles. The standard InChI is InChI=1S/C15H16N2O6S/c1-15(14(20)21)5-6-17(8-15)24(22,23)9-3-4-10-11(7-9)13(19)16(2)12(10)18/h3-4,7H,5-6,8H2,1-2H3,(H,20,21). The first-order valence-electron chi connectivity index (χ1n) is 7.28. The average molecular weight is 352 g/mol. The van der Waals surface area contributed by atoms with E-state index in [2.05, 4.69) is 0 Å². The summed E-state index contributed by atoms with van der Waals surface area (Å²) in [5, 5.41) is 9.24. The number of amides is 2. The molecule has 2 aliphatic heterocycles. The van der Waals surface area contributed by atoms with Crippen LogP contribution in [-0.4, -0.2) is 60.7 Å². The fourth-order valence-corrected chi connectivity index (χ4v) is 4.54. The quantitative estimate of drug-likeness (QED) is 0.788. The van der Waals surface area contributed by atoms with Crippen molar-refractivity contribution in [3.05, 3.63) is 29.3 Å². The molecule has 128 valence electrons. The minimum absolute atomic E-state index is 0.0452. The fraction of sp³-hybridized carbons (Fsp3) is 0.400. The van der Waals surface area contributed by atoms with E-state index in [4.69, 9.17) is 0 Å². The molecule has 0 saturated carbocycles. The molecular weight excluding hydrogens is 336 g/mol. The first-order chi connectivity index (χ1) is 11.1. The molecule has 0 aromatic heterocycles. The number of hydrogen-bond donors (Lipinski definition) is 1. The summed E-state index contributed by atoms with van der Waals surface area (Å²) < 4.78 is 26.6. The number of carboxylic acids is 1. The molecule has 1 saturated heterocycles. The number of aliphatic carboxylic acids is 1. The van der Waals surface area contributed by atoms with E-state index in [1.165, 1.54) is 32.2 Å². The summed E-state index contributed by atoms with van der Waals surface area (Å²) in [4.78, 5) is 36.0. The molecule has 1 atom stereocenters. The first-order valence-corrected chi connectivity index (χ1v) is 8.72. The second-order valence-corrected chi connectivity index (χ2v) is 8.27. The van der Waals surface area contributed by atoms with E-state index in [9.17, 15) is 27.9 Å². The third-order valence-electron chi connectivity index (χ3n) is 4.65. The van der Waals surface area contributed by atoms with Gasteiger partial charge in [0, 0.05) is 20.1 Å². The third-order valence-corrected chi connectivity index (χ3v) is 6.49. The van der Waals surface area contributed by atoms with Crippen LogP contribution in [0.1, 0.15) is 34.1 Å². The SMILES string of the molecule is CN1C(=O)c2ccc(S(=O)(=O)N3CCC(C)(C(=O)O)C3)cc2C1=O. The maximum absolute atomic E-state index is 12.7. The van der Waals surface area contributed by atoms with Crippen LogP contribution in [-0.2, 0) is 14.8 Å². The maximum atomic E-state index is 12.7. The Morgan fingerprint density at radius 2 is 1.83 bits per heavy atom. The summed E-state index contributed by atoms with van der Waals surface area (Å²) in [6.45, 7) is 1.47. The number of rotatable bonds is 3. The van der Waals surface area contributed by atoms with Crippen molar-refractivity contribution < 1.29 is 27.9 Å². The van der Waals surface area contributed by atoms with Crippen molar-refractivity contribution in [1.29, 1.82) is 0 Å². The summed E-state index contributed by atoms with van der Waals surface area (Å²) in [5.41, 5.74) is -0.919. The monoisotopic (exact) mass is 352 g/mol. The number of benzene rings is 1. The van der Waals surface area contributed by atoms with Crippen molar-refractivity contribution in [3.8, 4) is 0 Å². The summed E-state index contributed by atoms with van der Waals surface area (Å²) >= 11 is 0. The molecule has 9 heteroatoms. The molecule has 1 N–H and O–H groups in total. The van der Waals surface area contributed by atoms with E-state index in [-0.39, 0.29) is 35.5 Å². The molecule has 1 aromatic rings. The number of imide groups is 1. The molecule has 2 aliphatic rings. The van der Waals surface area contributed by atoms with Gasteiger partial charge in [-0.3, -0.25) is 19.3 Å². The predicted molar refractivity (Wildman–Crippen MR) is 82.0 cm³/mol. The molecule has 2 heterocycles. The van der Waals surface area contributed by atoms with E-state index in [0.717, 1.165) is 9.21 Å². The van der Waals surface area contributed by atoms with Crippen molar-refractivity contribution >= 4 is 27.8 Å². The smallest absolute Gasteiger partial charge is 0.310 e. The van der Waals surface area contributed by atoms with Crippen LogP contribution in [0.25, 0.3) is 0 Å². The van der Waals surface area contributed by atoms with E-state index in [0.29, 0.717) is 0 Å². The zero-order valence-corrected chi connectivity index (χ0v) is 14.0. The highest BCUT2D eigenvalue weighted by Crippen LogP contribution is 2.34. The predicted octanol–water partition coefficient (Wildman–Crippen LogP) is 0.398. The Hall–Kier alpha value is -2.26. The van der Waals surface area contributed by atoms with Crippen LogP contribution >= 0.6 is 0 Å². The van der Waals surface area contributed by atoms with Gasteiger partial charge in [0.05, 0.1) is 21.4 Å². The van der Waals surface area contributed by atoms with Gasteiger partial charge in [-0.05, 0) is 31.5 Å². The van der Waals surface area contributed by atoms with E-state index >= 15 is 0 Å².